The number of halogens is 2. The van der Waals surface area contributed by atoms with E-state index in [1.54, 1.807) is 7.11 Å². The van der Waals surface area contributed by atoms with Gasteiger partial charge in [0.1, 0.15) is 29.4 Å². The highest BCUT2D eigenvalue weighted by Gasteiger charge is 2.13. The zero-order chi connectivity index (χ0) is 19.7. The summed E-state index contributed by atoms with van der Waals surface area (Å²) in [5.41, 5.74) is 7.12. The van der Waals surface area contributed by atoms with Crippen LogP contribution in [0.2, 0.25) is 0 Å². The zero-order valence-electron chi connectivity index (χ0n) is 14.5. The summed E-state index contributed by atoms with van der Waals surface area (Å²) in [6, 6.07) is 8.73. The third-order valence-electron chi connectivity index (χ3n) is 3.89. The smallest absolute Gasteiger partial charge is 0.189 e. The van der Waals surface area contributed by atoms with Crippen molar-refractivity contribution in [3.05, 3.63) is 54.4 Å². The number of nitrogen functional groups attached to an aromatic ring is 1. The van der Waals surface area contributed by atoms with Gasteiger partial charge in [-0.05, 0) is 30.3 Å². The van der Waals surface area contributed by atoms with E-state index in [0.717, 1.165) is 28.1 Å². The molecule has 2 heterocycles. The van der Waals surface area contributed by atoms with E-state index in [0.29, 0.717) is 10.9 Å². The summed E-state index contributed by atoms with van der Waals surface area (Å²) >= 11 is 1.40. The number of anilines is 5. The van der Waals surface area contributed by atoms with Gasteiger partial charge in [-0.1, -0.05) is 11.3 Å². The lowest BCUT2D eigenvalue weighted by atomic mass is 10.3. The molecule has 0 saturated carbocycles. The Labute approximate surface area is 162 Å². The molecule has 142 valence electrons. The Kier molecular flexibility index (Phi) is 4.62. The molecule has 28 heavy (non-hydrogen) atoms. The standard InChI is InChI=1S/C18H14F2N6OS/c1-27-10-3-5-13-14(7-10)28-18(25-13)26-17-15(21)16(22-8-23-17)24-12-4-2-9(19)6-11(12)20/h2-8H,21H2,1H3,(H2,22,23,24,25,26). The van der Waals surface area contributed by atoms with Crippen LogP contribution in [0.5, 0.6) is 5.75 Å². The van der Waals surface area contributed by atoms with Crippen LogP contribution >= 0.6 is 11.3 Å². The maximum atomic E-state index is 13.9. The average molecular weight is 400 g/mol. The molecule has 0 saturated heterocycles. The van der Waals surface area contributed by atoms with Gasteiger partial charge >= 0.3 is 0 Å². The molecule has 4 aromatic rings. The van der Waals surface area contributed by atoms with Crippen molar-refractivity contribution in [2.24, 2.45) is 0 Å². The molecule has 2 aromatic carbocycles. The van der Waals surface area contributed by atoms with Crippen LogP contribution in [0, 0.1) is 11.6 Å². The number of aromatic nitrogens is 3. The SMILES string of the molecule is COc1ccc2nc(Nc3ncnc(Nc4ccc(F)cc4F)c3N)sc2c1. The summed E-state index contributed by atoms with van der Waals surface area (Å²) in [6.45, 7) is 0. The van der Waals surface area contributed by atoms with Crippen LogP contribution in [0.4, 0.5) is 36.9 Å². The van der Waals surface area contributed by atoms with Gasteiger partial charge in [-0.25, -0.2) is 23.7 Å². The Morgan fingerprint density at radius 2 is 1.82 bits per heavy atom. The molecule has 2 aromatic heterocycles. The monoisotopic (exact) mass is 400 g/mol. The molecule has 0 spiro atoms. The van der Waals surface area contributed by atoms with Crippen LogP contribution < -0.4 is 21.1 Å². The Hall–Kier alpha value is -3.53. The van der Waals surface area contributed by atoms with Gasteiger partial charge in [-0.3, -0.25) is 0 Å². The van der Waals surface area contributed by atoms with Crippen LogP contribution in [0.3, 0.4) is 0 Å². The van der Waals surface area contributed by atoms with Gasteiger partial charge in [-0.15, -0.1) is 0 Å². The topological polar surface area (TPSA) is 98.0 Å². The Bertz CT molecular complexity index is 1170. The van der Waals surface area contributed by atoms with Gasteiger partial charge in [0.2, 0.25) is 0 Å². The van der Waals surface area contributed by atoms with Gasteiger partial charge in [0.15, 0.2) is 16.8 Å². The quantitative estimate of drug-likeness (QED) is 0.455. The van der Waals surface area contributed by atoms with Crippen molar-refractivity contribution in [3.8, 4) is 5.75 Å². The number of ether oxygens (including phenoxy) is 1. The minimum atomic E-state index is -0.757. The van der Waals surface area contributed by atoms with Crippen molar-refractivity contribution in [2.75, 3.05) is 23.5 Å². The lowest BCUT2D eigenvalue weighted by molar-refractivity contribution is 0.415. The third kappa shape index (κ3) is 3.49. The second kappa shape index (κ2) is 7.24. The van der Waals surface area contributed by atoms with E-state index in [9.17, 15) is 8.78 Å². The molecule has 0 bridgehead atoms. The zero-order valence-corrected chi connectivity index (χ0v) is 15.3. The number of nitrogens with two attached hydrogens (primary N) is 1. The molecule has 0 aliphatic rings. The molecular formula is C18H14F2N6OS. The second-order valence-corrected chi connectivity index (χ2v) is 6.74. The summed E-state index contributed by atoms with van der Waals surface area (Å²) in [5.74, 6) is -0.199. The van der Waals surface area contributed by atoms with Crippen LogP contribution in [0.15, 0.2) is 42.7 Å². The lowest BCUT2D eigenvalue weighted by Crippen LogP contribution is -2.06. The average Bonchev–Trinajstić information content (AvgIpc) is 3.08. The predicted molar refractivity (Wildman–Crippen MR) is 106 cm³/mol. The van der Waals surface area contributed by atoms with Gasteiger partial charge in [0.25, 0.3) is 0 Å². The molecule has 4 N–H and O–H groups in total. The summed E-state index contributed by atoms with van der Waals surface area (Å²) < 4.78 is 33.1. The van der Waals surface area contributed by atoms with E-state index in [1.165, 1.54) is 23.7 Å². The summed E-state index contributed by atoms with van der Waals surface area (Å²) in [4.78, 5) is 12.6. The van der Waals surface area contributed by atoms with Crippen molar-refractivity contribution in [3.63, 3.8) is 0 Å². The van der Waals surface area contributed by atoms with Gasteiger partial charge in [0, 0.05) is 6.07 Å². The van der Waals surface area contributed by atoms with E-state index < -0.39 is 11.6 Å². The second-order valence-electron chi connectivity index (χ2n) is 5.71. The molecule has 0 unspecified atom stereocenters. The van der Waals surface area contributed by atoms with Crippen molar-refractivity contribution in [2.45, 2.75) is 0 Å². The fourth-order valence-corrected chi connectivity index (χ4v) is 3.39. The van der Waals surface area contributed by atoms with E-state index in [-0.39, 0.29) is 17.2 Å². The Morgan fingerprint density at radius 3 is 2.57 bits per heavy atom. The molecule has 0 aliphatic carbocycles. The molecule has 7 nitrogen and oxygen atoms in total. The minimum absolute atomic E-state index is 0.0461. The first kappa shape index (κ1) is 17.9. The predicted octanol–water partition coefficient (Wildman–Crippen LogP) is 4.44. The number of nitrogens with zero attached hydrogens (tertiary/aromatic N) is 3. The third-order valence-corrected chi connectivity index (χ3v) is 4.82. The number of nitrogens with one attached hydrogen (secondary N) is 2. The number of rotatable bonds is 5. The molecule has 0 amide bonds. The largest absolute Gasteiger partial charge is 0.497 e. The molecule has 0 radical (unpaired) electrons. The maximum Gasteiger partial charge on any atom is 0.189 e. The van der Waals surface area contributed by atoms with Crippen LogP contribution in [-0.2, 0) is 0 Å². The van der Waals surface area contributed by atoms with Gasteiger partial charge in [0.05, 0.1) is 23.0 Å². The lowest BCUT2D eigenvalue weighted by Gasteiger charge is -2.11. The number of thiazole rings is 1. The van der Waals surface area contributed by atoms with Crippen molar-refractivity contribution < 1.29 is 13.5 Å². The molecular weight excluding hydrogens is 386 g/mol. The van der Waals surface area contributed by atoms with E-state index >= 15 is 0 Å². The fourth-order valence-electron chi connectivity index (χ4n) is 2.50. The number of fused-ring (bicyclic) bond motifs is 1. The highest BCUT2D eigenvalue weighted by Crippen LogP contribution is 2.33. The summed E-state index contributed by atoms with van der Waals surface area (Å²) in [6.07, 6.45) is 1.28. The van der Waals surface area contributed by atoms with E-state index in [1.807, 2.05) is 18.2 Å². The van der Waals surface area contributed by atoms with Gasteiger partial charge in [-0.2, -0.15) is 0 Å². The van der Waals surface area contributed by atoms with Crippen LogP contribution in [-0.4, -0.2) is 22.1 Å². The molecule has 0 fully saturated rings. The van der Waals surface area contributed by atoms with Gasteiger partial charge < -0.3 is 21.1 Å². The van der Waals surface area contributed by atoms with Crippen LogP contribution in [0.1, 0.15) is 0 Å². The fraction of sp³-hybridized carbons (Fsp3) is 0.0556. The Morgan fingerprint density at radius 1 is 1.04 bits per heavy atom. The van der Waals surface area contributed by atoms with Crippen molar-refractivity contribution >= 4 is 49.7 Å². The first-order valence-corrected chi connectivity index (χ1v) is 8.89. The number of hydrogen-bond acceptors (Lipinski definition) is 8. The normalized spacial score (nSPS) is 10.8. The van der Waals surface area contributed by atoms with Crippen molar-refractivity contribution in [1.29, 1.82) is 0 Å². The minimum Gasteiger partial charge on any atom is -0.497 e. The number of hydrogen-bond donors (Lipinski definition) is 3. The maximum absolute atomic E-state index is 13.9. The highest BCUT2D eigenvalue weighted by molar-refractivity contribution is 7.22. The summed E-state index contributed by atoms with van der Waals surface area (Å²) in [5, 5.41) is 6.37. The first-order chi connectivity index (χ1) is 13.5. The Balaban J connectivity index is 1.61. The van der Waals surface area contributed by atoms with Crippen molar-refractivity contribution in [1.82, 2.24) is 15.0 Å². The summed E-state index contributed by atoms with van der Waals surface area (Å²) in [7, 11) is 1.60. The first-order valence-electron chi connectivity index (χ1n) is 8.07. The van der Waals surface area contributed by atoms with Crippen LogP contribution in [0.25, 0.3) is 10.2 Å². The van der Waals surface area contributed by atoms with E-state index in [2.05, 4.69) is 25.6 Å². The highest BCUT2D eigenvalue weighted by atomic mass is 32.1. The molecule has 0 atom stereocenters. The number of benzene rings is 2. The molecule has 10 heteroatoms. The molecule has 4 rings (SSSR count). The van der Waals surface area contributed by atoms with E-state index in [4.69, 9.17) is 10.5 Å². The number of methoxy groups -OCH3 is 1. The molecule has 0 aliphatic heterocycles.